The van der Waals surface area contributed by atoms with Gasteiger partial charge in [0.25, 0.3) is 0 Å². The lowest BCUT2D eigenvalue weighted by Crippen LogP contribution is -2.28. The molecule has 2 aromatic rings. The fourth-order valence-corrected chi connectivity index (χ4v) is 3.29. The maximum absolute atomic E-state index is 12.7. The van der Waals surface area contributed by atoms with Crippen molar-refractivity contribution < 1.29 is 19.1 Å². The van der Waals surface area contributed by atoms with E-state index in [2.05, 4.69) is 10.6 Å². The molecule has 1 fully saturated rings. The predicted octanol–water partition coefficient (Wildman–Crippen LogP) is 3.69. The van der Waals surface area contributed by atoms with Crippen LogP contribution >= 0.6 is 11.6 Å². The third-order valence-corrected chi connectivity index (χ3v) is 4.92. The first-order chi connectivity index (χ1) is 13.9. The van der Waals surface area contributed by atoms with Crippen LogP contribution in [-0.4, -0.2) is 31.4 Å². The van der Waals surface area contributed by atoms with Gasteiger partial charge in [0.2, 0.25) is 17.7 Å². The number of amides is 3. The van der Waals surface area contributed by atoms with E-state index in [0.717, 1.165) is 0 Å². The van der Waals surface area contributed by atoms with E-state index in [1.807, 2.05) is 0 Å². The third-order valence-electron chi connectivity index (χ3n) is 4.68. The second kappa shape index (κ2) is 8.96. The topological polar surface area (TPSA) is 87.7 Å². The summed E-state index contributed by atoms with van der Waals surface area (Å²) in [6.07, 6.45) is 0.494. The SMILES string of the molecule is CCC(=O)Nc1ccc(NC(=O)C2CC(=O)N(c3cc(Cl)ccc3OC)C2)cc1. The molecule has 7 nitrogen and oxygen atoms in total. The zero-order valence-corrected chi connectivity index (χ0v) is 17.0. The fourth-order valence-electron chi connectivity index (χ4n) is 3.12. The van der Waals surface area contributed by atoms with Gasteiger partial charge < -0.3 is 20.3 Å². The average Bonchev–Trinajstić information content (AvgIpc) is 3.11. The van der Waals surface area contributed by atoms with Crippen molar-refractivity contribution in [2.75, 3.05) is 29.2 Å². The molecule has 1 aliphatic heterocycles. The Morgan fingerprint density at radius 3 is 2.41 bits per heavy atom. The molecular formula is C21H22ClN3O4. The number of carbonyl (C=O) groups excluding carboxylic acids is 3. The van der Waals surface area contributed by atoms with Crippen LogP contribution in [0.5, 0.6) is 5.75 Å². The van der Waals surface area contributed by atoms with E-state index in [-0.39, 0.29) is 30.7 Å². The molecule has 0 bridgehead atoms. The van der Waals surface area contributed by atoms with Crippen molar-refractivity contribution in [3.63, 3.8) is 0 Å². The predicted molar refractivity (Wildman–Crippen MR) is 112 cm³/mol. The Morgan fingerprint density at radius 2 is 1.79 bits per heavy atom. The van der Waals surface area contributed by atoms with E-state index in [1.165, 1.54) is 12.0 Å². The molecule has 0 saturated carbocycles. The average molecular weight is 416 g/mol. The van der Waals surface area contributed by atoms with Crippen LogP contribution in [0.15, 0.2) is 42.5 Å². The van der Waals surface area contributed by atoms with E-state index >= 15 is 0 Å². The lowest BCUT2D eigenvalue weighted by molar-refractivity contribution is -0.122. The molecule has 2 aromatic carbocycles. The minimum absolute atomic E-state index is 0.0808. The molecule has 3 rings (SSSR count). The highest BCUT2D eigenvalue weighted by atomic mass is 35.5. The molecule has 0 aromatic heterocycles. The van der Waals surface area contributed by atoms with Gasteiger partial charge in [0.15, 0.2) is 0 Å². The quantitative estimate of drug-likeness (QED) is 0.753. The Hall–Kier alpha value is -3.06. The standard InChI is InChI=1S/C21H22ClN3O4/c1-3-19(26)23-15-5-7-16(8-6-15)24-21(28)13-10-20(27)25(12-13)17-11-14(22)4-9-18(17)29-2/h4-9,11,13H,3,10,12H2,1-2H3,(H,23,26)(H,24,28). The number of methoxy groups -OCH3 is 1. The van der Waals surface area contributed by atoms with Crippen LogP contribution in [0, 0.1) is 5.92 Å². The zero-order valence-electron chi connectivity index (χ0n) is 16.2. The van der Waals surface area contributed by atoms with Crippen molar-refractivity contribution in [1.29, 1.82) is 0 Å². The van der Waals surface area contributed by atoms with Gasteiger partial charge in [0, 0.05) is 35.8 Å². The van der Waals surface area contributed by atoms with Gasteiger partial charge in [0.1, 0.15) is 5.75 Å². The molecule has 1 heterocycles. The maximum Gasteiger partial charge on any atom is 0.229 e. The normalized spacial score (nSPS) is 15.9. The van der Waals surface area contributed by atoms with Crippen molar-refractivity contribution in [2.45, 2.75) is 19.8 Å². The molecular weight excluding hydrogens is 394 g/mol. The lowest BCUT2D eigenvalue weighted by Gasteiger charge is -2.20. The van der Waals surface area contributed by atoms with Crippen LogP contribution in [0.4, 0.5) is 17.1 Å². The highest BCUT2D eigenvalue weighted by Gasteiger charge is 2.36. The number of hydrogen-bond acceptors (Lipinski definition) is 4. The summed E-state index contributed by atoms with van der Waals surface area (Å²) in [5.41, 5.74) is 1.80. The number of hydrogen-bond donors (Lipinski definition) is 2. The van der Waals surface area contributed by atoms with Gasteiger partial charge in [-0.25, -0.2) is 0 Å². The summed E-state index contributed by atoms with van der Waals surface area (Å²) < 4.78 is 5.32. The molecule has 1 aliphatic rings. The van der Waals surface area contributed by atoms with Crippen LogP contribution in [0.2, 0.25) is 5.02 Å². The zero-order chi connectivity index (χ0) is 21.0. The number of benzene rings is 2. The minimum Gasteiger partial charge on any atom is -0.495 e. The van der Waals surface area contributed by atoms with Gasteiger partial charge >= 0.3 is 0 Å². The molecule has 1 saturated heterocycles. The first-order valence-electron chi connectivity index (χ1n) is 9.26. The molecule has 0 spiro atoms. The molecule has 152 valence electrons. The highest BCUT2D eigenvalue weighted by Crippen LogP contribution is 2.35. The van der Waals surface area contributed by atoms with E-state index < -0.39 is 5.92 Å². The van der Waals surface area contributed by atoms with Gasteiger partial charge in [0.05, 0.1) is 18.7 Å². The first-order valence-corrected chi connectivity index (χ1v) is 9.63. The van der Waals surface area contributed by atoms with E-state index in [1.54, 1.807) is 49.4 Å². The van der Waals surface area contributed by atoms with Crippen molar-refractivity contribution in [2.24, 2.45) is 5.92 Å². The molecule has 1 unspecified atom stereocenters. The summed E-state index contributed by atoms with van der Waals surface area (Å²) in [5.74, 6) is -0.461. The van der Waals surface area contributed by atoms with E-state index in [9.17, 15) is 14.4 Å². The highest BCUT2D eigenvalue weighted by molar-refractivity contribution is 6.31. The van der Waals surface area contributed by atoms with Gasteiger partial charge in [-0.05, 0) is 42.5 Å². The minimum atomic E-state index is -0.495. The molecule has 2 N–H and O–H groups in total. The molecule has 0 aliphatic carbocycles. The summed E-state index contributed by atoms with van der Waals surface area (Å²) >= 11 is 6.06. The Kier molecular flexibility index (Phi) is 6.39. The smallest absolute Gasteiger partial charge is 0.229 e. The molecule has 29 heavy (non-hydrogen) atoms. The van der Waals surface area contributed by atoms with Crippen molar-refractivity contribution in [1.82, 2.24) is 0 Å². The second-order valence-electron chi connectivity index (χ2n) is 6.69. The van der Waals surface area contributed by atoms with Gasteiger partial charge in [-0.15, -0.1) is 0 Å². The Morgan fingerprint density at radius 1 is 1.14 bits per heavy atom. The van der Waals surface area contributed by atoms with E-state index in [4.69, 9.17) is 16.3 Å². The van der Waals surface area contributed by atoms with Crippen molar-refractivity contribution in [3.8, 4) is 5.75 Å². The summed E-state index contributed by atoms with van der Waals surface area (Å²) in [4.78, 5) is 38.1. The van der Waals surface area contributed by atoms with Gasteiger partial charge in [-0.2, -0.15) is 0 Å². The number of nitrogens with zero attached hydrogens (tertiary/aromatic N) is 1. The lowest BCUT2D eigenvalue weighted by atomic mass is 10.1. The first kappa shape index (κ1) is 20.7. The summed E-state index contributed by atoms with van der Waals surface area (Å²) in [6.45, 7) is 2.01. The third kappa shape index (κ3) is 4.86. The maximum atomic E-state index is 12.7. The molecule has 0 radical (unpaired) electrons. The van der Waals surface area contributed by atoms with Crippen LogP contribution in [0.3, 0.4) is 0 Å². The van der Waals surface area contributed by atoms with Crippen molar-refractivity contribution in [3.05, 3.63) is 47.5 Å². The summed E-state index contributed by atoms with van der Waals surface area (Å²) in [5, 5.41) is 6.05. The van der Waals surface area contributed by atoms with Crippen molar-refractivity contribution >= 4 is 46.4 Å². The Labute approximate surface area is 174 Å². The molecule has 3 amide bonds. The second-order valence-corrected chi connectivity index (χ2v) is 7.13. The monoisotopic (exact) mass is 415 g/mol. The largest absolute Gasteiger partial charge is 0.495 e. The van der Waals surface area contributed by atoms with Crippen LogP contribution in [-0.2, 0) is 14.4 Å². The Balaban J connectivity index is 1.66. The molecule has 1 atom stereocenters. The fraction of sp³-hybridized carbons (Fsp3) is 0.286. The number of anilines is 3. The Bertz CT molecular complexity index is 930. The van der Waals surface area contributed by atoms with Crippen LogP contribution in [0.1, 0.15) is 19.8 Å². The number of carbonyl (C=O) groups is 3. The van der Waals surface area contributed by atoms with E-state index in [0.29, 0.717) is 34.3 Å². The number of rotatable bonds is 6. The number of ether oxygens (including phenoxy) is 1. The van der Waals surface area contributed by atoms with Gasteiger partial charge in [-0.3, -0.25) is 14.4 Å². The summed E-state index contributed by atoms with van der Waals surface area (Å²) in [7, 11) is 1.52. The van der Waals surface area contributed by atoms with Gasteiger partial charge in [-0.1, -0.05) is 18.5 Å². The number of nitrogens with one attached hydrogen (secondary N) is 2. The summed E-state index contributed by atoms with van der Waals surface area (Å²) in [6, 6.07) is 11.9. The number of halogens is 1. The van der Waals surface area contributed by atoms with Crippen LogP contribution in [0.25, 0.3) is 0 Å². The molecule has 8 heteroatoms. The van der Waals surface area contributed by atoms with Crippen LogP contribution < -0.4 is 20.3 Å².